The largest absolute Gasteiger partial charge is 0.330 e. The van der Waals surface area contributed by atoms with Gasteiger partial charge in [0.15, 0.2) is 0 Å². The molecule has 0 saturated heterocycles. The third-order valence-electron chi connectivity index (χ3n) is 4.01. The number of nitrogens with two attached hydrogens (primary N) is 1. The van der Waals surface area contributed by atoms with E-state index in [0.717, 1.165) is 6.54 Å². The van der Waals surface area contributed by atoms with Crippen LogP contribution in [0.2, 0.25) is 0 Å². The number of nitrogens with one attached hydrogen (secondary N) is 1. The van der Waals surface area contributed by atoms with Crippen LogP contribution in [0.5, 0.6) is 0 Å². The zero-order valence-electron chi connectivity index (χ0n) is 14.1. The molecule has 0 fully saturated rings. The van der Waals surface area contributed by atoms with E-state index in [2.05, 4.69) is 12.2 Å². The molecule has 0 heterocycles. The predicted octanol–water partition coefficient (Wildman–Crippen LogP) is 5.02. The van der Waals surface area contributed by atoms with Crippen LogP contribution in [0.4, 0.5) is 0 Å². The van der Waals surface area contributed by atoms with E-state index in [0.29, 0.717) is 0 Å². The van der Waals surface area contributed by atoms with Gasteiger partial charge in [-0.3, -0.25) is 0 Å². The first-order valence-corrected chi connectivity index (χ1v) is 9.32. The lowest BCUT2D eigenvalue weighted by molar-refractivity contribution is 0.536. The van der Waals surface area contributed by atoms with Crippen LogP contribution in [-0.4, -0.2) is 19.6 Å². The van der Waals surface area contributed by atoms with E-state index < -0.39 is 0 Å². The van der Waals surface area contributed by atoms with Gasteiger partial charge in [0.05, 0.1) is 0 Å². The smallest absolute Gasteiger partial charge is 0.00489 e. The Morgan fingerprint density at radius 1 is 0.550 bits per heavy atom. The number of hydrogen-bond acceptors (Lipinski definition) is 2. The zero-order chi connectivity index (χ0) is 14.7. The molecule has 0 aliphatic carbocycles. The highest BCUT2D eigenvalue weighted by atomic mass is 14.8. The van der Waals surface area contributed by atoms with Crippen molar-refractivity contribution in [3.05, 3.63) is 0 Å². The van der Waals surface area contributed by atoms with Crippen LogP contribution in [0.3, 0.4) is 0 Å². The molecule has 20 heavy (non-hydrogen) atoms. The molecule has 0 aliphatic heterocycles. The SMILES string of the molecule is CCCCCCCCCNCCCCCCCCCN. The summed E-state index contributed by atoms with van der Waals surface area (Å²) in [5.74, 6) is 0. The molecular formula is C18H40N2. The summed E-state index contributed by atoms with van der Waals surface area (Å²) in [6, 6.07) is 0. The third kappa shape index (κ3) is 17.9. The maximum Gasteiger partial charge on any atom is -0.00489 e. The number of unbranched alkanes of at least 4 members (excludes halogenated alkanes) is 12. The van der Waals surface area contributed by atoms with Crippen LogP contribution in [0.25, 0.3) is 0 Å². The molecule has 0 radical (unpaired) electrons. The standard InChI is InChI=1S/C18H40N2/c1-2-3-4-5-8-11-14-17-20-18-15-12-9-6-7-10-13-16-19/h20H,2-19H2,1H3. The Kier molecular flexibility index (Phi) is 18.8. The molecule has 0 aliphatic rings. The van der Waals surface area contributed by atoms with E-state index in [-0.39, 0.29) is 0 Å². The molecule has 122 valence electrons. The van der Waals surface area contributed by atoms with Crippen LogP contribution in [0.15, 0.2) is 0 Å². The molecule has 2 nitrogen and oxygen atoms in total. The lowest BCUT2D eigenvalue weighted by Gasteiger charge is -2.05. The van der Waals surface area contributed by atoms with Crippen LogP contribution in [0, 0.1) is 0 Å². The van der Waals surface area contributed by atoms with E-state index in [9.17, 15) is 0 Å². The Balaban J connectivity index is 2.89. The van der Waals surface area contributed by atoms with E-state index in [1.807, 2.05) is 0 Å². The van der Waals surface area contributed by atoms with Gasteiger partial charge in [0.2, 0.25) is 0 Å². The third-order valence-corrected chi connectivity index (χ3v) is 4.01. The molecule has 2 heteroatoms. The van der Waals surface area contributed by atoms with Gasteiger partial charge in [-0.1, -0.05) is 77.6 Å². The van der Waals surface area contributed by atoms with Gasteiger partial charge in [0.1, 0.15) is 0 Å². The first kappa shape index (κ1) is 19.9. The molecule has 0 aromatic carbocycles. The highest BCUT2D eigenvalue weighted by Crippen LogP contribution is 2.07. The molecule has 0 bridgehead atoms. The Hall–Kier alpha value is -0.0800. The van der Waals surface area contributed by atoms with Gasteiger partial charge >= 0.3 is 0 Å². The highest BCUT2D eigenvalue weighted by Gasteiger charge is 1.93. The number of hydrogen-bond donors (Lipinski definition) is 2. The lowest BCUT2D eigenvalue weighted by Crippen LogP contribution is -2.16. The quantitative estimate of drug-likeness (QED) is 0.368. The Bertz CT molecular complexity index is 141. The van der Waals surface area contributed by atoms with Gasteiger partial charge in [-0.2, -0.15) is 0 Å². The molecule has 0 amide bonds. The van der Waals surface area contributed by atoms with E-state index in [1.165, 1.54) is 103 Å². The molecule has 0 rings (SSSR count). The van der Waals surface area contributed by atoms with Crippen LogP contribution in [0.1, 0.15) is 96.8 Å². The van der Waals surface area contributed by atoms with E-state index in [1.54, 1.807) is 0 Å². The van der Waals surface area contributed by atoms with Crippen molar-refractivity contribution in [1.29, 1.82) is 0 Å². The lowest BCUT2D eigenvalue weighted by atomic mass is 10.1. The van der Waals surface area contributed by atoms with Crippen molar-refractivity contribution in [2.75, 3.05) is 19.6 Å². The average molecular weight is 285 g/mol. The highest BCUT2D eigenvalue weighted by molar-refractivity contribution is 4.52. The first-order valence-electron chi connectivity index (χ1n) is 9.32. The van der Waals surface area contributed by atoms with Crippen molar-refractivity contribution >= 4 is 0 Å². The molecule has 0 atom stereocenters. The van der Waals surface area contributed by atoms with Gasteiger partial charge in [0, 0.05) is 0 Å². The van der Waals surface area contributed by atoms with Gasteiger partial charge in [-0.15, -0.1) is 0 Å². The fraction of sp³-hybridized carbons (Fsp3) is 1.00. The van der Waals surface area contributed by atoms with Gasteiger partial charge in [0.25, 0.3) is 0 Å². The minimum Gasteiger partial charge on any atom is -0.330 e. The Labute approximate surface area is 128 Å². The summed E-state index contributed by atoms with van der Waals surface area (Å²) in [5.41, 5.74) is 5.48. The minimum atomic E-state index is 0.864. The summed E-state index contributed by atoms with van der Waals surface area (Å²) in [4.78, 5) is 0. The van der Waals surface area contributed by atoms with E-state index >= 15 is 0 Å². The molecule has 0 aromatic rings. The Morgan fingerprint density at radius 2 is 0.950 bits per heavy atom. The summed E-state index contributed by atoms with van der Waals surface area (Å²) in [6.45, 7) is 5.59. The zero-order valence-corrected chi connectivity index (χ0v) is 14.1. The van der Waals surface area contributed by atoms with Crippen molar-refractivity contribution in [1.82, 2.24) is 5.32 Å². The van der Waals surface area contributed by atoms with Gasteiger partial charge in [-0.05, 0) is 38.9 Å². The fourth-order valence-corrected chi connectivity index (χ4v) is 2.61. The molecule has 0 spiro atoms. The number of rotatable bonds is 17. The second kappa shape index (κ2) is 18.9. The maximum absolute atomic E-state index is 5.48. The monoisotopic (exact) mass is 284 g/mol. The summed E-state index contributed by atoms with van der Waals surface area (Å²) in [7, 11) is 0. The second-order valence-corrected chi connectivity index (χ2v) is 6.13. The summed E-state index contributed by atoms with van der Waals surface area (Å²) >= 11 is 0. The normalized spacial score (nSPS) is 11.1. The van der Waals surface area contributed by atoms with Crippen molar-refractivity contribution in [2.45, 2.75) is 96.8 Å². The van der Waals surface area contributed by atoms with Crippen LogP contribution in [-0.2, 0) is 0 Å². The molecule has 0 aromatic heterocycles. The average Bonchev–Trinajstić information content (AvgIpc) is 2.47. The van der Waals surface area contributed by atoms with Crippen LogP contribution < -0.4 is 11.1 Å². The second-order valence-electron chi connectivity index (χ2n) is 6.13. The Morgan fingerprint density at radius 3 is 1.40 bits per heavy atom. The van der Waals surface area contributed by atoms with Crippen molar-refractivity contribution in [3.63, 3.8) is 0 Å². The minimum absolute atomic E-state index is 0.864. The molecular weight excluding hydrogens is 244 g/mol. The summed E-state index contributed by atoms with van der Waals surface area (Å²) < 4.78 is 0. The summed E-state index contributed by atoms with van der Waals surface area (Å²) in [5, 5.41) is 3.58. The fourth-order valence-electron chi connectivity index (χ4n) is 2.61. The maximum atomic E-state index is 5.48. The topological polar surface area (TPSA) is 38.0 Å². The molecule has 0 saturated carbocycles. The van der Waals surface area contributed by atoms with Crippen molar-refractivity contribution < 1.29 is 0 Å². The van der Waals surface area contributed by atoms with E-state index in [4.69, 9.17) is 5.73 Å². The predicted molar refractivity (Wildman–Crippen MR) is 92.2 cm³/mol. The van der Waals surface area contributed by atoms with Gasteiger partial charge < -0.3 is 11.1 Å². The van der Waals surface area contributed by atoms with Gasteiger partial charge in [-0.25, -0.2) is 0 Å². The molecule has 0 unspecified atom stereocenters. The van der Waals surface area contributed by atoms with Crippen molar-refractivity contribution in [2.24, 2.45) is 5.73 Å². The first-order chi connectivity index (χ1) is 9.91. The molecule has 3 N–H and O–H groups in total. The van der Waals surface area contributed by atoms with Crippen molar-refractivity contribution in [3.8, 4) is 0 Å². The van der Waals surface area contributed by atoms with Crippen LogP contribution >= 0.6 is 0 Å². The summed E-state index contributed by atoms with van der Waals surface area (Å²) in [6.07, 6.45) is 19.3.